The van der Waals surface area contributed by atoms with Crippen molar-refractivity contribution in [2.45, 2.75) is 82.6 Å². The van der Waals surface area contributed by atoms with Gasteiger partial charge in [-0.3, -0.25) is 9.59 Å². The Bertz CT molecular complexity index is 602. The molecule has 28 heavy (non-hydrogen) atoms. The molecule has 8 nitrogen and oxygen atoms in total. The quantitative estimate of drug-likeness (QED) is 0.782. The van der Waals surface area contributed by atoms with E-state index in [-0.39, 0.29) is 37.0 Å². The molecule has 2 amide bonds. The first-order valence-corrected chi connectivity index (χ1v) is 10.2. The second kappa shape index (κ2) is 8.37. The molecule has 0 aromatic heterocycles. The smallest absolute Gasteiger partial charge is 0.410 e. The van der Waals surface area contributed by atoms with Crippen molar-refractivity contribution < 1.29 is 28.6 Å². The number of rotatable bonds is 3. The normalized spacial score (nSPS) is 29.7. The van der Waals surface area contributed by atoms with Crippen molar-refractivity contribution in [1.82, 2.24) is 10.2 Å². The van der Waals surface area contributed by atoms with Gasteiger partial charge in [0.15, 0.2) is 0 Å². The van der Waals surface area contributed by atoms with Gasteiger partial charge in [0.2, 0.25) is 5.91 Å². The second-order valence-electron chi connectivity index (χ2n) is 9.06. The lowest BCUT2D eigenvalue weighted by molar-refractivity contribution is -0.145. The van der Waals surface area contributed by atoms with E-state index in [1.807, 2.05) is 20.8 Å². The Morgan fingerprint density at radius 3 is 2.64 bits per heavy atom. The van der Waals surface area contributed by atoms with Crippen molar-refractivity contribution in [3.05, 3.63) is 0 Å². The first kappa shape index (κ1) is 21.0. The Morgan fingerprint density at radius 2 is 2.00 bits per heavy atom. The van der Waals surface area contributed by atoms with Crippen LogP contribution in [0.15, 0.2) is 0 Å². The van der Waals surface area contributed by atoms with E-state index in [1.165, 1.54) is 0 Å². The van der Waals surface area contributed by atoms with E-state index < -0.39 is 17.2 Å². The highest BCUT2D eigenvalue weighted by Crippen LogP contribution is 2.32. The molecule has 2 saturated heterocycles. The largest absolute Gasteiger partial charge is 0.444 e. The number of Topliss-reactive ketones (excluding diaryl/α,β-unsaturated/α-hetero) is 1. The molecule has 0 aromatic carbocycles. The summed E-state index contributed by atoms with van der Waals surface area (Å²) in [6, 6.07) is -0.377. The number of hydrogen-bond acceptors (Lipinski definition) is 6. The van der Waals surface area contributed by atoms with Gasteiger partial charge in [0.05, 0.1) is 30.9 Å². The topological polar surface area (TPSA) is 94.2 Å². The maximum atomic E-state index is 12.9. The molecule has 158 valence electrons. The molecule has 2 heterocycles. The van der Waals surface area contributed by atoms with Crippen molar-refractivity contribution in [2.75, 3.05) is 26.4 Å². The van der Waals surface area contributed by atoms with Gasteiger partial charge < -0.3 is 24.4 Å². The SMILES string of the molecule is CC(C)(C)OC(=O)N1CCCC2(COCC(=O)N2)C1COC1CCC(=O)CC1. The number of morpholine rings is 1. The van der Waals surface area contributed by atoms with Gasteiger partial charge in [0, 0.05) is 19.4 Å². The summed E-state index contributed by atoms with van der Waals surface area (Å²) < 4.78 is 17.3. The summed E-state index contributed by atoms with van der Waals surface area (Å²) in [6.45, 7) is 6.70. The third-order valence-electron chi connectivity index (χ3n) is 5.63. The van der Waals surface area contributed by atoms with E-state index in [9.17, 15) is 14.4 Å². The molecule has 0 radical (unpaired) electrons. The number of ketones is 1. The summed E-state index contributed by atoms with van der Waals surface area (Å²) in [5.74, 6) is 0.0999. The molecule has 3 fully saturated rings. The van der Waals surface area contributed by atoms with E-state index in [1.54, 1.807) is 4.90 Å². The van der Waals surface area contributed by atoms with Crippen LogP contribution in [0.3, 0.4) is 0 Å². The van der Waals surface area contributed by atoms with Gasteiger partial charge in [0.25, 0.3) is 0 Å². The van der Waals surface area contributed by atoms with Crippen LogP contribution >= 0.6 is 0 Å². The first-order chi connectivity index (χ1) is 13.2. The number of nitrogens with zero attached hydrogens (tertiary/aromatic N) is 1. The van der Waals surface area contributed by atoms with Gasteiger partial charge in [-0.2, -0.15) is 0 Å². The molecular formula is C20H32N2O6. The third kappa shape index (κ3) is 5.03. The fourth-order valence-corrected chi connectivity index (χ4v) is 4.27. The minimum Gasteiger partial charge on any atom is -0.444 e. The highest BCUT2D eigenvalue weighted by atomic mass is 16.6. The fourth-order valence-electron chi connectivity index (χ4n) is 4.27. The van der Waals surface area contributed by atoms with Crippen LogP contribution in [0, 0.1) is 0 Å². The van der Waals surface area contributed by atoms with E-state index >= 15 is 0 Å². The first-order valence-electron chi connectivity index (χ1n) is 10.2. The van der Waals surface area contributed by atoms with Gasteiger partial charge in [0.1, 0.15) is 18.0 Å². The van der Waals surface area contributed by atoms with Crippen LogP contribution in [-0.4, -0.2) is 72.3 Å². The maximum Gasteiger partial charge on any atom is 0.410 e. The molecule has 2 aliphatic heterocycles. The Hall–Kier alpha value is -1.67. The van der Waals surface area contributed by atoms with Crippen molar-refractivity contribution in [1.29, 1.82) is 0 Å². The summed E-state index contributed by atoms with van der Waals surface area (Å²) in [7, 11) is 0. The molecule has 8 heteroatoms. The number of carbonyl (C=O) groups is 3. The third-order valence-corrected chi connectivity index (χ3v) is 5.63. The molecule has 0 aromatic rings. The summed E-state index contributed by atoms with van der Waals surface area (Å²) in [5, 5.41) is 3.08. The van der Waals surface area contributed by atoms with E-state index in [0.29, 0.717) is 38.8 Å². The van der Waals surface area contributed by atoms with E-state index in [0.717, 1.165) is 12.8 Å². The number of amides is 2. The zero-order valence-electron chi connectivity index (χ0n) is 17.1. The van der Waals surface area contributed by atoms with Gasteiger partial charge in [-0.15, -0.1) is 0 Å². The number of hydrogen-bond donors (Lipinski definition) is 1. The molecule has 1 aliphatic carbocycles. The molecule has 2 atom stereocenters. The maximum absolute atomic E-state index is 12.9. The predicted octanol–water partition coefficient (Wildman–Crippen LogP) is 1.80. The monoisotopic (exact) mass is 396 g/mol. The highest BCUT2D eigenvalue weighted by Gasteiger charge is 2.50. The summed E-state index contributed by atoms with van der Waals surface area (Å²) in [5.41, 5.74) is -1.28. The summed E-state index contributed by atoms with van der Waals surface area (Å²) in [6.07, 6.45) is 3.54. The number of ether oxygens (including phenoxy) is 3. The van der Waals surface area contributed by atoms with Crippen LogP contribution in [-0.2, 0) is 23.8 Å². The summed E-state index contributed by atoms with van der Waals surface area (Å²) >= 11 is 0. The average molecular weight is 396 g/mol. The van der Waals surface area contributed by atoms with Crippen LogP contribution in [0.4, 0.5) is 4.79 Å². The molecule has 1 saturated carbocycles. The van der Waals surface area contributed by atoms with E-state index in [4.69, 9.17) is 14.2 Å². The van der Waals surface area contributed by atoms with Gasteiger partial charge in [-0.05, 0) is 46.5 Å². The van der Waals surface area contributed by atoms with E-state index in [2.05, 4.69) is 5.32 Å². The minimum absolute atomic E-state index is 0.00243. The Labute approximate surface area is 166 Å². The number of nitrogens with one attached hydrogen (secondary N) is 1. The zero-order valence-corrected chi connectivity index (χ0v) is 17.1. The molecule has 0 bridgehead atoms. The van der Waals surface area contributed by atoms with Crippen molar-refractivity contribution >= 4 is 17.8 Å². The van der Waals surface area contributed by atoms with Crippen LogP contribution < -0.4 is 5.32 Å². The standard InChI is InChI=1S/C20H32N2O6/c1-19(2,3)28-18(25)22-10-4-9-20(13-26-12-17(24)21-20)16(22)11-27-15-7-5-14(23)6-8-15/h15-16H,4-13H2,1-3H3,(H,21,24). The average Bonchev–Trinajstić information content (AvgIpc) is 2.60. The minimum atomic E-state index is -0.672. The number of likely N-dealkylation sites (tertiary alicyclic amines) is 1. The summed E-state index contributed by atoms with van der Waals surface area (Å²) in [4.78, 5) is 38.1. The van der Waals surface area contributed by atoms with Crippen molar-refractivity contribution in [2.24, 2.45) is 0 Å². The molecule has 1 N–H and O–H groups in total. The van der Waals surface area contributed by atoms with Crippen LogP contribution in [0.5, 0.6) is 0 Å². The fraction of sp³-hybridized carbons (Fsp3) is 0.850. The van der Waals surface area contributed by atoms with Crippen LogP contribution in [0.2, 0.25) is 0 Å². The predicted molar refractivity (Wildman–Crippen MR) is 101 cm³/mol. The molecule has 2 unspecified atom stereocenters. The molecule has 1 spiro atoms. The lowest BCUT2D eigenvalue weighted by Gasteiger charge is -2.51. The van der Waals surface area contributed by atoms with Gasteiger partial charge >= 0.3 is 6.09 Å². The molecule has 3 aliphatic rings. The Morgan fingerprint density at radius 1 is 1.29 bits per heavy atom. The zero-order chi connectivity index (χ0) is 20.4. The lowest BCUT2D eigenvalue weighted by Crippen LogP contribution is -2.72. The van der Waals surface area contributed by atoms with Crippen LogP contribution in [0.1, 0.15) is 59.3 Å². The molecular weight excluding hydrogens is 364 g/mol. The van der Waals surface area contributed by atoms with Crippen molar-refractivity contribution in [3.63, 3.8) is 0 Å². The van der Waals surface area contributed by atoms with Crippen LogP contribution in [0.25, 0.3) is 0 Å². The lowest BCUT2D eigenvalue weighted by atomic mass is 9.81. The van der Waals surface area contributed by atoms with Gasteiger partial charge in [-0.25, -0.2) is 4.79 Å². The molecule has 3 rings (SSSR count). The highest BCUT2D eigenvalue weighted by molar-refractivity contribution is 5.79. The Balaban J connectivity index is 1.76. The van der Waals surface area contributed by atoms with Crippen molar-refractivity contribution in [3.8, 4) is 0 Å². The number of carbonyl (C=O) groups excluding carboxylic acids is 3. The Kier molecular flexibility index (Phi) is 6.29. The second-order valence-corrected chi connectivity index (χ2v) is 9.06. The van der Waals surface area contributed by atoms with Gasteiger partial charge in [-0.1, -0.05) is 0 Å². The number of piperidine rings is 1.